The molecular weight excluding hydrogens is 584 g/mol. The standard InChI is InChI=1S/C32H26N4O9/c1-20(37)44-28-14-10-23(18-29(28)43-2)32(40)45-27-15-13-26(36(41)42)17-24(27)19-33-35-31(39)22-8-11-25(12-9-22)34-30(38)16-21-6-4-3-5-7-21/h3-15,17-19H,16H2,1-2H3,(H,34,38)(H,35,39)/b33-19+. The van der Waals surface area contributed by atoms with Gasteiger partial charge in [-0.25, -0.2) is 10.2 Å². The van der Waals surface area contributed by atoms with Gasteiger partial charge in [-0.15, -0.1) is 0 Å². The van der Waals surface area contributed by atoms with Crippen LogP contribution in [-0.2, 0) is 16.0 Å². The van der Waals surface area contributed by atoms with Gasteiger partial charge in [-0.2, -0.15) is 5.10 Å². The molecule has 0 fully saturated rings. The second kappa shape index (κ2) is 14.7. The number of anilines is 1. The molecule has 13 nitrogen and oxygen atoms in total. The quantitative estimate of drug-likeness (QED) is 0.0802. The number of nitrogens with one attached hydrogen (secondary N) is 2. The Morgan fingerprint density at radius 2 is 1.53 bits per heavy atom. The first-order valence-electron chi connectivity index (χ1n) is 13.3. The molecule has 4 aromatic rings. The fourth-order valence-electron chi connectivity index (χ4n) is 3.95. The topological polar surface area (TPSA) is 176 Å². The van der Waals surface area contributed by atoms with Crippen molar-refractivity contribution in [3.05, 3.63) is 123 Å². The number of nitrogens with zero attached hydrogens (tertiary/aromatic N) is 2. The third-order valence-electron chi connectivity index (χ3n) is 6.07. The number of amides is 2. The van der Waals surface area contributed by atoms with E-state index in [4.69, 9.17) is 14.2 Å². The lowest BCUT2D eigenvalue weighted by molar-refractivity contribution is -0.384. The van der Waals surface area contributed by atoms with Crippen molar-refractivity contribution in [1.29, 1.82) is 0 Å². The zero-order valence-corrected chi connectivity index (χ0v) is 24.0. The Morgan fingerprint density at radius 1 is 0.844 bits per heavy atom. The lowest BCUT2D eigenvalue weighted by atomic mass is 10.1. The third kappa shape index (κ3) is 8.81. The summed E-state index contributed by atoms with van der Waals surface area (Å²) < 4.78 is 15.7. The molecule has 0 aliphatic rings. The van der Waals surface area contributed by atoms with Gasteiger partial charge in [0.15, 0.2) is 11.5 Å². The predicted octanol–water partition coefficient (Wildman–Crippen LogP) is 4.69. The van der Waals surface area contributed by atoms with Gasteiger partial charge in [0.05, 0.1) is 30.2 Å². The summed E-state index contributed by atoms with van der Waals surface area (Å²) in [5.41, 5.74) is 3.66. The maximum atomic E-state index is 12.9. The van der Waals surface area contributed by atoms with Crippen molar-refractivity contribution in [3.63, 3.8) is 0 Å². The molecule has 0 atom stereocenters. The van der Waals surface area contributed by atoms with Crippen molar-refractivity contribution in [2.75, 3.05) is 12.4 Å². The molecular formula is C32H26N4O9. The molecule has 0 spiro atoms. The molecule has 0 radical (unpaired) electrons. The van der Waals surface area contributed by atoms with Crippen molar-refractivity contribution in [2.24, 2.45) is 5.10 Å². The minimum atomic E-state index is -0.842. The Morgan fingerprint density at radius 3 is 2.20 bits per heavy atom. The SMILES string of the molecule is COc1cc(C(=O)Oc2ccc([N+](=O)[O-])cc2/C=N/NC(=O)c2ccc(NC(=O)Cc3ccccc3)cc2)ccc1OC(C)=O. The van der Waals surface area contributed by atoms with Gasteiger partial charge in [-0.3, -0.25) is 24.5 Å². The number of hydrogen-bond acceptors (Lipinski definition) is 10. The lowest BCUT2D eigenvalue weighted by Crippen LogP contribution is -2.18. The van der Waals surface area contributed by atoms with Crippen LogP contribution in [-0.4, -0.2) is 42.0 Å². The number of nitro benzene ring substituents is 1. The summed E-state index contributed by atoms with van der Waals surface area (Å²) in [4.78, 5) is 59.8. The summed E-state index contributed by atoms with van der Waals surface area (Å²) in [7, 11) is 1.33. The highest BCUT2D eigenvalue weighted by atomic mass is 16.6. The average Bonchev–Trinajstić information content (AvgIpc) is 3.02. The fraction of sp³-hybridized carbons (Fsp3) is 0.0938. The second-order valence-electron chi connectivity index (χ2n) is 9.32. The van der Waals surface area contributed by atoms with E-state index in [1.807, 2.05) is 30.3 Å². The van der Waals surface area contributed by atoms with E-state index in [1.165, 1.54) is 50.4 Å². The van der Waals surface area contributed by atoms with E-state index in [1.54, 1.807) is 12.1 Å². The van der Waals surface area contributed by atoms with E-state index in [9.17, 15) is 29.3 Å². The van der Waals surface area contributed by atoms with Crippen molar-refractivity contribution >= 4 is 41.3 Å². The van der Waals surface area contributed by atoms with Crippen LogP contribution in [0, 0.1) is 10.1 Å². The molecule has 45 heavy (non-hydrogen) atoms. The number of benzene rings is 4. The molecule has 4 rings (SSSR count). The van der Waals surface area contributed by atoms with Gasteiger partial charge in [0.1, 0.15) is 5.75 Å². The van der Waals surface area contributed by atoms with Crippen molar-refractivity contribution in [3.8, 4) is 17.2 Å². The van der Waals surface area contributed by atoms with E-state index in [0.717, 1.165) is 23.9 Å². The van der Waals surface area contributed by atoms with Gasteiger partial charge in [0.25, 0.3) is 11.6 Å². The second-order valence-corrected chi connectivity index (χ2v) is 9.32. The lowest BCUT2D eigenvalue weighted by Gasteiger charge is -2.11. The Labute approximate surface area is 256 Å². The van der Waals surface area contributed by atoms with Gasteiger partial charge in [0, 0.05) is 35.9 Å². The zero-order valence-electron chi connectivity index (χ0n) is 24.0. The molecule has 228 valence electrons. The number of nitro groups is 1. The summed E-state index contributed by atoms with van der Waals surface area (Å²) >= 11 is 0. The fourth-order valence-corrected chi connectivity index (χ4v) is 3.95. The van der Waals surface area contributed by atoms with Crippen LogP contribution in [0.5, 0.6) is 17.2 Å². The van der Waals surface area contributed by atoms with E-state index in [-0.39, 0.29) is 52.0 Å². The number of carbonyl (C=O) groups excluding carboxylic acids is 4. The van der Waals surface area contributed by atoms with Gasteiger partial charge < -0.3 is 19.5 Å². The van der Waals surface area contributed by atoms with E-state index in [2.05, 4.69) is 15.8 Å². The van der Waals surface area contributed by atoms with Crippen LogP contribution in [0.2, 0.25) is 0 Å². The number of rotatable bonds is 11. The van der Waals surface area contributed by atoms with E-state index >= 15 is 0 Å². The van der Waals surface area contributed by atoms with Crippen molar-refractivity contribution in [1.82, 2.24) is 5.43 Å². The highest BCUT2D eigenvalue weighted by Gasteiger charge is 2.18. The first-order chi connectivity index (χ1) is 21.6. The summed E-state index contributed by atoms with van der Waals surface area (Å²) in [5.74, 6) is -2.11. The van der Waals surface area contributed by atoms with Crippen LogP contribution in [0.25, 0.3) is 0 Å². The molecule has 0 heterocycles. The van der Waals surface area contributed by atoms with E-state index < -0.39 is 22.8 Å². The first kappa shape index (κ1) is 31.6. The smallest absolute Gasteiger partial charge is 0.343 e. The van der Waals surface area contributed by atoms with Crippen LogP contribution in [0.3, 0.4) is 0 Å². The Hall–Kier alpha value is -6.37. The minimum absolute atomic E-state index is 0.0258. The number of hydrogen-bond donors (Lipinski definition) is 2. The maximum absolute atomic E-state index is 12.9. The molecule has 4 aromatic carbocycles. The number of carbonyl (C=O) groups is 4. The van der Waals surface area contributed by atoms with E-state index in [0.29, 0.717) is 5.69 Å². The van der Waals surface area contributed by atoms with Crippen LogP contribution >= 0.6 is 0 Å². The summed E-state index contributed by atoms with van der Waals surface area (Å²) in [6.45, 7) is 1.22. The Bertz CT molecular complexity index is 1770. The zero-order chi connectivity index (χ0) is 32.3. The highest BCUT2D eigenvalue weighted by Crippen LogP contribution is 2.29. The molecule has 0 aliphatic heterocycles. The van der Waals surface area contributed by atoms with Crippen LogP contribution in [0.4, 0.5) is 11.4 Å². The first-order valence-corrected chi connectivity index (χ1v) is 13.3. The molecule has 13 heteroatoms. The number of methoxy groups -OCH3 is 1. The Balaban J connectivity index is 1.43. The van der Waals surface area contributed by atoms with Crippen LogP contribution in [0.15, 0.2) is 96.1 Å². The molecule has 0 aliphatic carbocycles. The van der Waals surface area contributed by atoms with Gasteiger partial charge in [0.2, 0.25) is 5.91 Å². The maximum Gasteiger partial charge on any atom is 0.343 e. The summed E-state index contributed by atoms with van der Waals surface area (Å²) in [6, 6.07) is 22.8. The molecule has 0 unspecified atom stereocenters. The normalized spacial score (nSPS) is 10.5. The van der Waals surface area contributed by atoms with Gasteiger partial charge in [-0.1, -0.05) is 30.3 Å². The molecule has 2 amide bonds. The molecule has 0 aromatic heterocycles. The van der Waals surface area contributed by atoms with Gasteiger partial charge >= 0.3 is 11.9 Å². The average molecular weight is 611 g/mol. The van der Waals surface area contributed by atoms with Crippen molar-refractivity contribution in [2.45, 2.75) is 13.3 Å². The molecule has 0 bridgehead atoms. The minimum Gasteiger partial charge on any atom is -0.493 e. The predicted molar refractivity (Wildman–Crippen MR) is 163 cm³/mol. The Kier molecular flexibility index (Phi) is 10.3. The van der Waals surface area contributed by atoms with Crippen LogP contribution < -0.4 is 25.0 Å². The molecule has 2 N–H and O–H groups in total. The number of esters is 2. The summed E-state index contributed by atoms with van der Waals surface area (Å²) in [5, 5.41) is 18.0. The number of ether oxygens (including phenoxy) is 3. The van der Waals surface area contributed by atoms with Crippen molar-refractivity contribution < 1.29 is 38.3 Å². The molecule has 0 saturated carbocycles. The van der Waals surface area contributed by atoms with Gasteiger partial charge in [-0.05, 0) is 54.1 Å². The molecule has 0 saturated heterocycles. The van der Waals surface area contributed by atoms with Crippen LogP contribution in [0.1, 0.15) is 38.8 Å². The third-order valence-corrected chi connectivity index (χ3v) is 6.07. The monoisotopic (exact) mass is 610 g/mol. The highest BCUT2D eigenvalue weighted by molar-refractivity contribution is 5.97. The largest absolute Gasteiger partial charge is 0.493 e. The summed E-state index contributed by atoms with van der Waals surface area (Å²) in [6.07, 6.45) is 1.29. The number of non-ortho nitro benzene ring substituents is 1. The number of hydrazone groups is 1.